The Bertz CT molecular complexity index is 1050. The van der Waals surface area contributed by atoms with Crippen LogP contribution in [0.3, 0.4) is 0 Å². The highest BCUT2D eigenvalue weighted by Crippen LogP contribution is 2.30. The minimum absolute atomic E-state index is 0.0654. The van der Waals surface area contributed by atoms with Crippen molar-refractivity contribution in [2.45, 2.75) is 24.1 Å². The molecule has 162 valence electrons. The first kappa shape index (κ1) is 22.8. The number of ether oxygens (including phenoxy) is 2. The summed E-state index contributed by atoms with van der Waals surface area (Å²) in [5, 5.41) is 4.68. The Labute approximate surface area is 190 Å². The number of ketones is 1. The maximum Gasteiger partial charge on any atom is 0.230 e. The minimum atomic E-state index is -0.179. The van der Waals surface area contributed by atoms with Crippen molar-refractivity contribution < 1.29 is 19.1 Å². The summed E-state index contributed by atoms with van der Waals surface area (Å²) in [6, 6.07) is 12.9. The number of carbonyl (C=O) groups excluding carboxylic acids is 2. The summed E-state index contributed by atoms with van der Waals surface area (Å²) in [5.41, 5.74) is 3.20. The molecule has 0 fully saturated rings. The summed E-state index contributed by atoms with van der Waals surface area (Å²) in [4.78, 5) is 29.2. The number of amides is 1. The van der Waals surface area contributed by atoms with Crippen molar-refractivity contribution in [3.05, 3.63) is 64.7 Å². The summed E-state index contributed by atoms with van der Waals surface area (Å²) in [5.74, 6) is 1.34. The fraction of sp³-hybridized carbons (Fsp3) is 0.261. The molecule has 0 radical (unpaired) electrons. The number of methoxy groups -OCH3 is 2. The van der Waals surface area contributed by atoms with Gasteiger partial charge in [-0.15, -0.1) is 11.3 Å². The molecule has 2 aromatic carbocycles. The van der Waals surface area contributed by atoms with Crippen LogP contribution in [0.5, 0.6) is 11.5 Å². The Morgan fingerprint density at radius 3 is 2.48 bits per heavy atom. The normalized spacial score (nSPS) is 10.5. The number of thioether (sulfide) groups is 1. The molecule has 0 aliphatic rings. The van der Waals surface area contributed by atoms with E-state index in [1.54, 1.807) is 32.4 Å². The lowest BCUT2D eigenvalue weighted by atomic mass is 10.1. The average molecular weight is 457 g/mol. The molecule has 3 aromatic rings. The fourth-order valence-electron chi connectivity index (χ4n) is 2.86. The molecular formula is C23H24N2O4S2. The predicted molar refractivity (Wildman–Crippen MR) is 125 cm³/mol. The van der Waals surface area contributed by atoms with E-state index in [4.69, 9.17) is 9.47 Å². The van der Waals surface area contributed by atoms with Gasteiger partial charge in [0.1, 0.15) is 0 Å². The quantitative estimate of drug-likeness (QED) is 0.346. The topological polar surface area (TPSA) is 77.5 Å². The van der Waals surface area contributed by atoms with Crippen molar-refractivity contribution in [2.24, 2.45) is 0 Å². The molecule has 8 heteroatoms. The maximum atomic E-state index is 12.4. The molecule has 0 bridgehead atoms. The van der Waals surface area contributed by atoms with E-state index in [0.717, 1.165) is 10.8 Å². The summed E-state index contributed by atoms with van der Waals surface area (Å²) in [7, 11) is 3.10. The van der Waals surface area contributed by atoms with Crippen LogP contribution in [0, 0.1) is 0 Å². The highest BCUT2D eigenvalue weighted by molar-refractivity contribution is 8.01. The lowest BCUT2D eigenvalue weighted by Crippen LogP contribution is -2.14. The van der Waals surface area contributed by atoms with Gasteiger partial charge in [0.15, 0.2) is 21.6 Å². The number of aromatic nitrogens is 1. The first-order chi connectivity index (χ1) is 15.0. The molecule has 3 rings (SSSR count). The fourth-order valence-corrected chi connectivity index (χ4v) is 4.60. The number of hydrogen-bond donors (Lipinski definition) is 1. The number of benzene rings is 2. The third kappa shape index (κ3) is 6.32. The molecule has 0 unspecified atom stereocenters. The van der Waals surface area contributed by atoms with Gasteiger partial charge >= 0.3 is 0 Å². The largest absolute Gasteiger partial charge is 0.493 e. The zero-order valence-corrected chi connectivity index (χ0v) is 19.3. The Morgan fingerprint density at radius 1 is 1.06 bits per heavy atom. The number of rotatable bonds is 10. The number of thiazole rings is 1. The first-order valence-electron chi connectivity index (χ1n) is 9.73. The number of hydrogen-bond acceptors (Lipinski definition) is 7. The van der Waals surface area contributed by atoms with Crippen molar-refractivity contribution in [1.82, 2.24) is 4.98 Å². The molecule has 1 N–H and O–H groups in total. The average Bonchev–Trinajstić information content (AvgIpc) is 3.24. The summed E-state index contributed by atoms with van der Waals surface area (Å²) in [6.07, 6.45) is 1.10. The molecule has 0 aliphatic carbocycles. The van der Waals surface area contributed by atoms with Gasteiger partial charge in [-0.05, 0) is 24.1 Å². The number of aryl methyl sites for hydroxylation is 1. The van der Waals surface area contributed by atoms with Crippen LogP contribution in [0.15, 0.2) is 52.2 Å². The van der Waals surface area contributed by atoms with E-state index in [9.17, 15) is 9.59 Å². The summed E-state index contributed by atoms with van der Waals surface area (Å²) >= 11 is 2.83. The van der Waals surface area contributed by atoms with E-state index in [2.05, 4.69) is 17.2 Å². The van der Waals surface area contributed by atoms with Crippen LogP contribution in [0.2, 0.25) is 0 Å². The number of nitrogens with one attached hydrogen (secondary N) is 1. The standard InChI is InChI=1S/C23H24N2O4S2/c1-4-15-5-7-16(8-6-15)19(26)14-31-23-25-18(13-30-23)12-22(27)24-17-9-10-20(28-2)21(11-17)29-3/h5-11,13H,4,12,14H2,1-3H3,(H,24,27). The van der Waals surface area contributed by atoms with Crippen LogP contribution in [-0.2, 0) is 17.6 Å². The molecule has 1 heterocycles. The van der Waals surface area contributed by atoms with Crippen molar-refractivity contribution >= 4 is 40.5 Å². The minimum Gasteiger partial charge on any atom is -0.493 e. The van der Waals surface area contributed by atoms with Crippen LogP contribution in [0.25, 0.3) is 0 Å². The predicted octanol–water partition coefficient (Wildman–Crippen LogP) is 4.88. The molecule has 0 saturated heterocycles. The molecule has 1 aromatic heterocycles. The van der Waals surface area contributed by atoms with Crippen LogP contribution < -0.4 is 14.8 Å². The molecule has 1 amide bonds. The second kappa shape index (κ2) is 11.0. The van der Waals surface area contributed by atoms with E-state index in [0.29, 0.717) is 34.2 Å². The van der Waals surface area contributed by atoms with Gasteiger partial charge in [-0.25, -0.2) is 4.98 Å². The monoisotopic (exact) mass is 456 g/mol. The van der Waals surface area contributed by atoms with Crippen LogP contribution in [0.4, 0.5) is 5.69 Å². The lowest BCUT2D eigenvalue weighted by molar-refractivity contribution is -0.115. The van der Waals surface area contributed by atoms with Crippen molar-refractivity contribution in [2.75, 3.05) is 25.3 Å². The van der Waals surface area contributed by atoms with Gasteiger partial charge < -0.3 is 14.8 Å². The second-order valence-electron chi connectivity index (χ2n) is 6.66. The lowest BCUT2D eigenvalue weighted by Gasteiger charge is -2.10. The smallest absolute Gasteiger partial charge is 0.230 e. The zero-order chi connectivity index (χ0) is 22.2. The van der Waals surface area contributed by atoms with Crippen molar-refractivity contribution in [1.29, 1.82) is 0 Å². The van der Waals surface area contributed by atoms with Gasteiger partial charge in [-0.3, -0.25) is 9.59 Å². The maximum absolute atomic E-state index is 12.4. The second-order valence-corrected chi connectivity index (χ2v) is 8.74. The van der Waals surface area contributed by atoms with Gasteiger partial charge in [0.25, 0.3) is 0 Å². The van der Waals surface area contributed by atoms with Crippen LogP contribution in [0.1, 0.15) is 28.5 Å². The van der Waals surface area contributed by atoms with Crippen molar-refractivity contribution in [3.8, 4) is 11.5 Å². The Balaban J connectivity index is 1.52. The summed E-state index contributed by atoms with van der Waals surface area (Å²) in [6.45, 7) is 2.08. The van der Waals surface area contributed by atoms with Crippen LogP contribution in [-0.4, -0.2) is 36.6 Å². The van der Waals surface area contributed by atoms with Gasteiger partial charge in [0.2, 0.25) is 5.91 Å². The van der Waals surface area contributed by atoms with E-state index in [-0.39, 0.29) is 18.1 Å². The summed E-state index contributed by atoms with van der Waals surface area (Å²) < 4.78 is 11.2. The Kier molecular flexibility index (Phi) is 8.08. The Morgan fingerprint density at radius 2 is 1.81 bits per heavy atom. The number of carbonyl (C=O) groups is 2. The Hall–Kier alpha value is -2.84. The van der Waals surface area contributed by atoms with E-state index < -0.39 is 0 Å². The first-order valence-corrected chi connectivity index (χ1v) is 11.6. The number of anilines is 1. The van der Waals surface area contributed by atoms with Gasteiger partial charge in [-0.2, -0.15) is 0 Å². The molecule has 0 atom stereocenters. The van der Waals surface area contributed by atoms with E-state index in [1.807, 2.05) is 29.6 Å². The highest BCUT2D eigenvalue weighted by Gasteiger charge is 2.12. The SMILES string of the molecule is CCc1ccc(C(=O)CSc2nc(CC(=O)Nc3ccc(OC)c(OC)c3)cs2)cc1. The highest BCUT2D eigenvalue weighted by atomic mass is 32.2. The van der Waals surface area contributed by atoms with Gasteiger partial charge in [0, 0.05) is 22.7 Å². The molecular weight excluding hydrogens is 432 g/mol. The molecule has 0 spiro atoms. The van der Waals surface area contributed by atoms with Crippen molar-refractivity contribution in [3.63, 3.8) is 0 Å². The number of nitrogens with zero attached hydrogens (tertiary/aromatic N) is 1. The third-order valence-electron chi connectivity index (χ3n) is 4.55. The van der Waals surface area contributed by atoms with E-state index >= 15 is 0 Å². The zero-order valence-electron chi connectivity index (χ0n) is 17.6. The van der Waals surface area contributed by atoms with Gasteiger partial charge in [0.05, 0.1) is 32.1 Å². The number of Topliss-reactive ketones (excluding diaryl/α,β-unsaturated/α-hetero) is 1. The molecule has 31 heavy (non-hydrogen) atoms. The van der Waals surface area contributed by atoms with Gasteiger partial charge in [-0.1, -0.05) is 43.0 Å². The van der Waals surface area contributed by atoms with Crippen LogP contribution >= 0.6 is 23.1 Å². The molecule has 6 nitrogen and oxygen atoms in total. The molecule has 0 aliphatic heterocycles. The molecule has 0 saturated carbocycles. The van der Waals surface area contributed by atoms with E-state index in [1.165, 1.54) is 28.7 Å². The third-order valence-corrected chi connectivity index (χ3v) is 6.62.